The molecule has 1 aromatic carbocycles. The number of hydrogen-bond donors (Lipinski definition) is 2. The third kappa shape index (κ3) is 4.80. The number of likely N-dealkylation sites (tertiary alicyclic amines) is 1. The van der Waals surface area contributed by atoms with Gasteiger partial charge in [0.1, 0.15) is 6.04 Å². The third-order valence-corrected chi connectivity index (χ3v) is 5.97. The molecule has 3 atom stereocenters. The van der Waals surface area contributed by atoms with E-state index >= 15 is 0 Å². The van der Waals surface area contributed by atoms with Crippen molar-refractivity contribution >= 4 is 23.6 Å². The highest BCUT2D eigenvalue weighted by Gasteiger charge is 2.34. The SMILES string of the molecule is CSCCC(NC(=O)c1cccc(C)c1)C(=O)N1CCC2CCC(C1)N2. The number of aryl methyl sites for hydroxylation is 1. The Bertz CT molecular complexity index is 652. The molecule has 2 bridgehead atoms. The fraction of sp³-hybridized carbons (Fsp3) is 0.600. The largest absolute Gasteiger partial charge is 0.340 e. The van der Waals surface area contributed by atoms with Crippen LogP contribution in [-0.4, -0.2) is 59.9 Å². The van der Waals surface area contributed by atoms with Gasteiger partial charge in [-0.2, -0.15) is 11.8 Å². The van der Waals surface area contributed by atoms with Crippen LogP contribution in [0.3, 0.4) is 0 Å². The summed E-state index contributed by atoms with van der Waals surface area (Å²) in [6.45, 7) is 3.50. The lowest BCUT2D eigenvalue weighted by molar-refractivity contribution is -0.133. The van der Waals surface area contributed by atoms with Gasteiger partial charge in [0.05, 0.1) is 0 Å². The lowest BCUT2D eigenvalue weighted by Gasteiger charge is -2.29. The van der Waals surface area contributed by atoms with Gasteiger partial charge >= 0.3 is 0 Å². The first-order chi connectivity index (χ1) is 12.6. The van der Waals surface area contributed by atoms with E-state index in [0.29, 0.717) is 24.1 Å². The van der Waals surface area contributed by atoms with E-state index in [1.165, 1.54) is 6.42 Å². The Hall–Kier alpha value is -1.53. The topological polar surface area (TPSA) is 61.4 Å². The number of hydrogen-bond acceptors (Lipinski definition) is 4. The molecule has 6 heteroatoms. The molecular weight excluding hydrogens is 346 g/mol. The van der Waals surface area contributed by atoms with Crippen molar-refractivity contribution in [3.8, 4) is 0 Å². The molecule has 0 aliphatic carbocycles. The van der Waals surface area contributed by atoms with Gasteiger partial charge < -0.3 is 15.5 Å². The van der Waals surface area contributed by atoms with Crippen molar-refractivity contribution in [2.75, 3.05) is 25.1 Å². The summed E-state index contributed by atoms with van der Waals surface area (Å²) in [5.74, 6) is 0.750. The number of amides is 2. The zero-order valence-electron chi connectivity index (χ0n) is 15.7. The van der Waals surface area contributed by atoms with Crippen molar-refractivity contribution in [3.63, 3.8) is 0 Å². The molecule has 2 N–H and O–H groups in total. The number of rotatable bonds is 6. The van der Waals surface area contributed by atoms with Crippen molar-refractivity contribution in [1.29, 1.82) is 0 Å². The van der Waals surface area contributed by atoms with Gasteiger partial charge in [0.15, 0.2) is 0 Å². The molecule has 0 radical (unpaired) electrons. The van der Waals surface area contributed by atoms with Gasteiger partial charge in [0, 0.05) is 30.7 Å². The Balaban J connectivity index is 1.68. The van der Waals surface area contributed by atoms with Crippen LogP contribution in [0.5, 0.6) is 0 Å². The summed E-state index contributed by atoms with van der Waals surface area (Å²) in [6, 6.07) is 8.00. The van der Waals surface area contributed by atoms with Crippen molar-refractivity contribution < 1.29 is 9.59 Å². The Morgan fingerprint density at radius 2 is 2.12 bits per heavy atom. The monoisotopic (exact) mass is 375 g/mol. The fourth-order valence-corrected chi connectivity index (χ4v) is 4.36. The molecule has 2 amide bonds. The second kappa shape index (κ2) is 8.91. The molecule has 1 aromatic rings. The molecule has 142 valence electrons. The number of benzene rings is 1. The van der Waals surface area contributed by atoms with Gasteiger partial charge in [-0.05, 0) is 56.7 Å². The lowest BCUT2D eigenvalue weighted by Crippen LogP contribution is -2.51. The highest BCUT2D eigenvalue weighted by atomic mass is 32.2. The maximum absolute atomic E-state index is 13.1. The van der Waals surface area contributed by atoms with E-state index in [1.807, 2.05) is 36.3 Å². The van der Waals surface area contributed by atoms with E-state index in [9.17, 15) is 9.59 Å². The van der Waals surface area contributed by atoms with Crippen LogP contribution in [0.15, 0.2) is 24.3 Å². The quantitative estimate of drug-likeness (QED) is 0.800. The minimum Gasteiger partial charge on any atom is -0.340 e. The van der Waals surface area contributed by atoms with Crippen LogP contribution in [0, 0.1) is 6.92 Å². The molecule has 2 aliphatic heterocycles. The standard InChI is InChI=1S/C20H29N3O2S/c1-14-4-3-5-15(12-14)19(24)22-18(9-11-26-2)20(25)23-10-8-16-6-7-17(13-23)21-16/h3-5,12,16-18,21H,6-11,13H2,1-2H3,(H,22,24). The number of carbonyl (C=O) groups is 2. The highest BCUT2D eigenvalue weighted by Crippen LogP contribution is 2.21. The van der Waals surface area contributed by atoms with Crippen LogP contribution >= 0.6 is 11.8 Å². The normalized spacial score (nSPS) is 23.4. The van der Waals surface area contributed by atoms with Crippen molar-refractivity contribution in [1.82, 2.24) is 15.5 Å². The van der Waals surface area contributed by atoms with Gasteiger partial charge in [-0.1, -0.05) is 17.7 Å². The second-order valence-corrected chi connectivity index (χ2v) is 8.37. The minimum absolute atomic E-state index is 0.0643. The van der Waals surface area contributed by atoms with Crippen LogP contribution < -0.4 is 10.6 Å². The third-order valence-electron chi connectivity index (χ3n) is 5.33. The smallest absolute Gasteiger partial charge is 0.251 e. The Labute approximate surface area is 160 Å². The zero-order valence-corrected chi connectivity index (χ0v) is 16.5. The van der Waals surface area contributed by atoms with E-state index < -0.39 is 6.04 Å². The first-order valence-corrected chi connectivity index (χ1v) is 10.9. The average Bonchev–Trinajstić information content (AvgIpc) is 2.96. The van der Waals surface area contributed by atoms with Crippen LogP contribution in [-0.2, 0) is 4.79 Å². The van der Waals surface area contributed by atoms with Crippen LogP contribution in [0.4, 0.5) is 0 Å². The van der Waals surface area contributed by atoms with Gasteiger partial charge in [-0.25, -0.2) is 0 Å². The summed E-state index contributed by atoms with van der Waals surface area (Å²) < 4.78 is 0. The molecule has 2 aliphatic rings. The number of thioether (sulfide) groups is 1. The molecular formula is C20H29N3O2S. The zero-order chi connectivity index (χ0) is 18.5. The lowest BCUT2D eigenvalue weighted by atomic mass is 10.1. The highest BCUT2D eigenvalue weighted by molar-refractivity contribution is 7.98. The second-order valence-electron chi connectivity index (χ2n) is 7.39. The van der Waals surface area contributed by atoms with E-state index in [-0.39, 0.29) is 11.8 Å². The minimum atomic E-state index is -0.452. The predicted octanol–water partition coefficient (Wildman–Crippen LogP) is 2.20. The Morgan fingerprint density at radius 3 is 2.88 bits per heavy atom. The number of carbonyl (C=O) groups excluding carboxylic acids is 2. The number of nitrogens with zero attached hydrogens (tertiary/aromatic N) is 1. The maximum Gasteiger partial charge on any atom is 0.251 e. The van der Waals surface area contributed by atoms with Crippen LogP contribution in [0.1, 0.15) is 41.6 Å². The fourth-order valence-electron chi connectivity index (χ4n) is 3.88. The summed E-state index contributed by atoms with van der Waals surface area (Å²) in [7, 11) is 0. The molecule has 0 spiro atoms. The number of fused-ring (bicyclic) bond motifs is 2. The molecule has 0 aromatic heterocycles. The number of nitrogens with one attached hydrogen (secondary N) is 2. The summed E-state index contributed by atoms with van der Waals surface area (Å²) in [4.78, 5) is 27.7. The van der Waals surface area contributed by atoms with Gasteiger partial charge in [-0.15, -0.1) is 0 Å². The molecule has 5 nitrogen and oxygen atoms in total. The summed E-state index contributed by atoms with van der Waals surface area (Å²) >= 11 is 1.70. The van der Waals surface area contributed by atoms with Crippen LogP contribution in [0.2, 0.25) is 0 Å². The van der Waals surface area contributed by atoms with Gasteiger partial charge in [0.2, 0.25) is 5.91 Å². The molecule has 3 unspecified atom stereocenters. The first-order valence-electron chi connectivity index (χ1n) is 9.48. The van der Waals surface area contributed by atoms with Crippen molar-refractivity contribution in [2.45, 2.75) is 50.7 Å². The molecule has 26 heavy (non-hydrogen) atoms. The summed E-state index contributed by atoms with van der Waals surface area (Å²) in [5, 5.41) is 6.60. The van der Waals surface area contributed by atoms with Gasteiger partial charge in [-0.3, -0.25) is 9.59 Å². The molecule has 2 heterocycles. The predicted molar refractivity (Wildman–Crippen MR) is 107 cm³/mol. The first kappa shape index (κ1) is 19.2. The Kier molecular flexibility index (Phi) is 6.59. The van der Waals surface area contributed by atoms with Gasteiger partial charge in [0.25, 0.3) is 5.91 Å². The van der Waals surface area contributed by atoms with E-state index in [2.05, 4.69) is 10.6 Å². The molecule has 2 fully saturated rings. The molecule has 3 rings (SSSR count). The summed E-state index contributed by atoms with van der Waals surface area (Å²) in [6.07, 6.45) is 6.05. The summed E-state index contributed by atoms with van der Waals surface area (Å²) in [5.41, 5.74) is 1.66. The average molecular weight is 376 g/mol. The maximum atomic E-state index is 13.1. The van der Waals surface area contributed by atoms with Crippen molar-refractivity contribution in [3.05, 3.63) is 35.4 Å². The van der Waals surface area contributed by atoms with E-state index in [0.717, 1.165) is 37.2 Å². The van der Waals surface area contributed by atoms with Crippen molar-refractivity contribution in [2.24, 2.45) is 0 Å². The van der Waals surface area contributed by atoms with Crippen LogP contribution in [0.25, 0.3) is 0 Å². The van der Waals surface area contributed by atoms with E-state index in [4.69, 9.17) is 0 Å². The molecule has 0 saturated carbocycles. The molecule has 2 saturated heterocycles. The van der Waals surface area contributed by atoms with E-state index in [1.54, 1.807) is 17.8 Å². The Morgan fingerprint density at radius 1 is 1.31 bits per heavy atom.